The first-order chi connectivity index (χ1) is 16.7. The molecule has 1 aromatic rings. The van der Waals surface area contributed by atoms with Crippen LogP contribution in [0.3, 0.4) is 0 Å². The molecule has 0 radical (unpaired) electrons. The molecule has 0 unspecified atom stereocenters. The number of likely N-dealkylation sites (N-methyl/N-ethyl adjacent to an activating group) is 1. The van der Waals surface area contributed by atoms with Crippen LogP contribution in [0.1, 0.15) is 38.2 Å². The fraction of sp³-hybridized carbons (Fsp3) is 0.654. The van der Waals surface area contributed by atoms with Crippen molar-refractivity contribution in [3.05, 3.63) is 35.9 Å². The van der Waals surface area contributed by atoms with Crippen LogP contribution < -0.4 is 0 Å². The van der Waals surface area contributed by atoms with Crippen LogP contribution >= 0.6 is 0 Å². The van der Waals surface area contributed by atoms with Crippen LogP contribution in [0.5, 0.6) is 0 Å². The number of nitrogens with zero attached hydrogens (tertiary/aromatic N) is 4. The Morgan fingerprint density at radius 3 is 2.49 bits per heavy atom. The van der Waals surface area contributed by atoms with E-state index in [4.69, 9.17) is 4.74 Å². The van der Waals surface area contributed by atoms with E-state index in [-0.39, 0.29) is 29.9 Å². The molecule has 4 rings (SSSR count). The molecule has 1 saturated carbocycles. The number of hydrogen-bond donors (Lipinski definition) is 1. The Labute approximate surface area is 207 Å². The SMILES string of the molecule is C[C@H]1C(=O)N(CC[C@@H](C(=O)N(C)C)N2CCC3(CC3)[C@H](O)C2)CCN1C(=O)OCc1ccccc1. The molecule has 1 N–H and O–H groups in total. The zero-order chi connectivity index (χ0) is 25.2. The molecule has 3 amide bonds. The number of β-amino-alcohol motifs (C(OH)–C–C–N with tert-alkyl or cyclic N) is 1. The summed E-state index contributed by atoms with van der Waals surface area (Å²) in [5.41, 5.74) is 0.962. The molecule has 0 bridgehead atoms. The van der Waals surface area contributed by atoms with Crippen molar-refractivity contribution < 1.29 is 24.2 Å². The first kappa shape index (κ1) is 25.4. The number of piperazine rings is 1. The maximum atomic E-state index is 13.1. The van der Waals surface area contributed by atoms with E-state index in [1.165, 1.54) is 4.90 Å². The third-order valence-electron chi connectivity index (χ3n) is 7.93. The Bertz CT molecular complexity index is 920. The fourth-order valence-electron chi connectivity index (χ4n) is 5.31. The average Bonchev–Trinajstić information content (AvgIpc) is 3.63. The number of amides is 3. The van der Waals surface area contributed by atoms with Gasteiger partial charge < -0.3 is 19.6 Å². The summed E-state index contributed by atoms with van der Waals surface area (Å²) in [5.74, 6) is -0.146. The Morgan fingerprint density at radius 2 is 1.86 bits per heavy atom. The number of benzene rings is 1. The highest BCUT2D eigenvalue weighted by Gasteiger charge is 2.52. The Balaban J connectivity index is 1.32. The molecule has 9 heteroatoms. The van der Waals surface area contributed by atoms with Gasteiger partial charge in [0.05, 0.1) is 12.1 Å². The van der Waals surface area contributed by atoms with Gasteiger partial charge in [-0.25, -0.2) is 4.79 Å². The molecule has 1 aromatic carbocycles. The molecular weight excluding hydrogens is 448 g/mol. The lowest BCUT2D eigenvalue weighted by Gasteiger charge is -2.42. The number of aliphatic hydroxyl groups excluding tert-OH is 1. The number of carbonyl (C=O) groups is 3. The van der Waals surface area contributed by atoms with Gasteiger partial charge in [-0.15, -0.1) is 0 Å². The summed E-state index contributed by atoms with van der Waals surface area (Å²) >= 11 is 0. The van der Waals surface area contributed by atoms with Crippen LogP contribution in [0.4, 0.5) is 4.79 Å². The monoisotopic (exact) mass is 486 g/mol. The van der Waals surface area contributed by atoms with E-state index in [0.29, 0.717) is 32.6 Å². The second kappa shape index (κ2) is 10.5. The summed E-state index contributed by atoms with van der Waals surface area (Å²) in [4.78, 5) is 45.6. The second-order valence-electron chi connectivity index (χ2n) is 10.4. The fourth-order valence-corrected chi connectivity index (χ4v) is 5.31. The molecular formula is C26H38N4O5. The third kappa shape index (κ3) is 5.62. The van der Waals surface area contributed by atoms with Crippen molar-refractivity contribution in [2.24, 2.45) is 5.41 Å². The zero-order valence-electron chi connectivity index (χ0n) is 21.1. The predicted octanol–water partition coefficient (Wildman–Crippen LogP) is 1.55. The second-order valence-corrected chi connectivity index (χ2v) is 10.4. The number of carbonyl (C=O) groups excluding carboxylic acids is 3. The van der Waals surface area contributed by atoms with Crippen molar-refractivity contribution in [3.63, 3.8) is 0 Å². The minimum absolute atomic E-state index is 0.00688. The van der Waals surface area contributed by atoms with E-state index in [9.17, 15) is 19.5 Å². The third-order valence-corrected chi connectivity index (χ3v) is 7.93. The Hall–Kier alpha value is -2.65. The normalized spacial score (nSPS) is 24.9. The van der Waals surface area contributed by atoms with Gasteiger partial charge in [-0.3, -0.25) is 19.4 Å². The van der Waals surface area contributed by atoms with Crippen molar-refractivity contribution in [2.45, 2.75) is 57.4 Å². The summed E-state index contributed by atoms with van der Waals surface area (Å²) in [7, 11) is 3.48. The molecule has 192 valence electrons. The number of rotatable bonds is 7. The molecule has 1 aliphatic carbocycles. The van der Waals surface area contributed by atoms with E-state index < -0.39 is 18.2 Å². The van der Waals surface area contributed by atoms with Crippen molar-refractivity contribution in [3.8, 4) is 0 Å². The van der Waals surface area contributed by atoms with Gasteiger partial charge in [0, 0.05) is 40.3 Å². The van der Waals surface area contributed by atoms with Crippen molar-refractivity contribution >= 4 is 17.9 Å². The first-order valence-corrected chi connectivity index (χ1v) is 12.6. The Morgan fingerprint density at radius 1 is 1.14 bits per heavy atom. The highest BCUT2D eigenvalue weighted by atomic mass is 16.6. The number of piperidine rings is 1. The molecule has 3 aliphatic rings. The quantitative estimate of drug-likeness (QED) is 0.629. The van der Waals surface area contributed by atoms with Crippen molar-refractivity contribution in [1.29, 1.82) is 0 Å². The smallest absolute Gasteiger partial charge is 0.410 e. The van der Waals surface area contributed by atoms with Crippen LogP contribution in [0, 0.1) is 5.41 Å². The predicted molar refractivity (Wildman–Crippen MR) is 130 cm³/mol. The highest BCUT2D eigenvalue weighted by molar-refractivity contribution is 5.86. The van der Waals surface area contributed by atoms with Crippen molar-refractivity contribution in [1.82, 2.24) is 19.6 Å². The lowest BCUT2D eigenvalue weighted by molar-refractivity contribution is -0.142. The van der Waals surface area contributed by atoms with Gasteiger partial charge in [0.2, 0.25) is 11.8 Å². The summed E-state index contributed by atoms with van der Waals surface area (Å²) in [6, 6.07) is 8.44. The first-order valence-electron chi connectivity index (χ1n) is 12.6. The van der Waals surface area contributed by atoms with Crippen LogP contribution in [0.2, 0.25) is 0 Å². The summed E-state index contributed by atoms with van der Waals surface area (Å²) in [6.07, 6.45) is 2.64. The van der Waals surface area contributed by atoms with Crippen LogP contribution in [-0.4, -0.2) is 108 Å². The van der Waals surface area contributed by atoms with Crippen molar-refractivity contribution in [2.75, 3.05) is 46.8 Å². The topological polar surface area (TPSA) is 93.6 Å². The average molecular weight is 487 g/mol. The standard InChI is InChI=1S/C26H38N4O5/c1-19-23(32)28(15-16-30(19)25(34)35-18-20-7-5-4-6-8-20)13-9-21(24(33)27(2)3)29-14-12-26(10-11-26)22(31)17-29/h4-8,19,21-22,31H,9-18H2,1-3H3/t19-,21-,22+/m0/s1. The van der Waals surface area contributed by atoms with E-state index >= 15 is 0 Å². The summed E-state index contributed by atoms with van der Waals surface area (Å²) in [5, 5.41) is 10.7. The molecule has 9 nitrogen and oxygen atoms in total. The lowest BCUT2D eigenvalue weighted by atomic mass is 9.89. The largest absolute Gasteiger partial charge is 0.445 e. The van der Waals surface area contributed by atoms with Gasteiger partial charge >= 0.3 is 6.09 Å². The molecule has 3 fully saturated rings. The summed E-state index contributed by atoms with van der Waals surface area (Å²) < 4.78 is 5.42. The minimum atomic E-state index is -0.624. The Kier molecular flexibility index (Phi) is 7.66. The maximum Gasteiger partial charge on any atom is 0.410 e. The maximum absolute atomic E-state index is 13.1. The van der Waals surface area contributed by atoms with Gasteiger partial charge in [-0.05, 0) is 50.1 Å². The number of hydrogen-bond acceptors (Lipinski definition) is 6. The molecule has 2 heterocycles. The van der Waals surface area contributed by atoms with Gasteiger partial charge in [-0.2, -0.15) is 0 Å². The van der Waals surface area contributed by atoms with Crippen LogP contribution in [0.15, 0.2) is 30.3 Å². The highest BCUT2D eigenvalue weighted by Crippen LogP contribution is 2.53. The van der Waals surface area contributed by atoms with Crippen LogP contribution in [-0.2, 0) is 20.9 Å². The number of likely N-dealkylation sites (tertiary alicyclic amines) is 1. The van der Waals surface area contributed by atoms with Gasteiger partial charge in [0.1, 0.15) is 12.6 Å². The summed E-state index contributed by atoms with van der Waals surface area (Å²) in [6.45, 7) is 4.38. The molecule has 0 aromatic heterocycles. The van der Waals surface area contributed by atoms with E-state index in [1.807, 2.05) is 30.3 Å². The number of ether oxygens (including phenoxy) is 1. The molecule has 1 spiro atoms. The van der Waals surface area contributed by atoms with Crippen LogP contribution in [0.25, 0.3) is 0 Å². The van der Waals surface area contributed by atoms with Gasteiger partial charge in [-0.1, -0.05) is 30.3 Å². The zero-order valence-corrected chi connectivity index (χ0v) is 21.1. The van der Waals surface area contributed by atoms with Gasteiger partial charge in [0.15, 0.2) is 0 Å². The molecule has 3 atom stereocenters. The van der Waals surface area contributed by atoms with E-state index in [0.717, 1.165) is 31.4 Å². The van der Waals surface area contributed by atoms with E-state index in [2.05, 4.69) is 4.90 Å². The molecule has 2 saturated heterocycles. The number of aliphatic hydroxyl groups is 1. The molecule has 2 aliphatic heterocycles. The molecule has 35 heavy (non-hydrogen) atoms. The minimum Gasteiger partial charge on any atom is -0.445 e. The lowest BCUT2D eigenvalue weighted by Crippen LogP contribution is -2.59. The van der Waals surface area contributed by atoms with E-state index in [1.54, 1.807) is 30.8 Å². The van der Waals surface area contributed by atoms with Gasteiger partial charge in [0.25, 0.3) is 0 Å².